The normalized spacial score (nSPS) is 18.0. The molecule has 6 heteroatoms. The fraction of sp³-hybridized carbons (Fsp3) is 0.636. The van der Waals surface area contributed by atoms with Gasteiger partial charge in [0.1, 0.15) is 6.33 Å². The quantitative estimate of drug-likeness (QED) is 0.800. The largest absolute Gasteiger partial charge is 0.490 e. The Morgan fingerprint density at radius 2 is 2.12 bits per heavy atom. The van der Waals surface area contributed by atoms with Gasteiger partial charge in [0.05, 0.1) is 7.11 Å². The molecule has 1 aromatic heterocycles. The Labute approximate surface area is 101 Å². The molecule has 1 saturated heterocycles. The molecule has 1 aliphatic rings. The van der Waals surface area contributed by atoms with E-state index >= 15 is 0 Å². The number of nitrogen functional groups attached to an aromatic ring is 1. The van der Waals surface area contributed by atoms with Crippen LogP contribution in [-0.4, -0.2) is 48.2 Å². The Hall–Kier alpha value is -1.56. The fourth-order valence-electron chi connectivity index (χ4n) is 2.04. The van der Waals surface area contributed by atoms with Crippen LogP contribution in [0.5, 0.6) is 5.75 Å². The summed E-state index contributed by atoms with van der Waals surface area (Å²) in [5, 5.41) is 3.38. The highest BCUT2D eigenvalue weighted by molar-refractivity contribution is 5.61. The van der Waals surface area contributed by atoms with Gasteiger partial charge >= 0.3 is 0 Å². The molecule has 0 bridgehead atoms. The Kier molecular flexibility index (Phi) is 3.63. The summed E-state index contributed by atoms with van der Waals surface area (Å²) in [6.07, 6.45) is 3.66. The number of nitrogens with one attached hydrogen (secondary N) is 1. The molecule has 94 valence electrons. The van der Waals surface area contributed by atoms with Crippen LogP contribution in [0.1, 0.15) is 12.8 Å². The second-order valence-electron chi connectivity index (χ2n) is 4.36. The summed E-state index contributed by atoms with van der Waals surface area (Å²) in [5.41, 5.74) is 5.73. The van der Waals surface area contributed by atoms with Crippen molar-refractivity contribution in [2.75, 3.05) is 38.3 Å². The molecule has 3 N–H and O–H groups in total. The van der Waals surface area contributed by atoms with Gasteiger partial charge in [0.15, 0.2) is 11.6 Å². The number of rotatable bonds is 3. The standard InChI is InChI=1S/C11H19N5O/c1-16-5-3-8(4-6-16)15-11-9(17-2)10(12)13-7-14-11/h7-8H,3-6H2,1-2H3,(H3,12,13,14,15). The van der Waals surface area contributed by atoms with Gasteiger partial charge in [0.25, 0.3) is 0 Å². The molecule has 17 heavy (non-hydrogen) atoms. The zero-order valence-corrected chi connectivity index (χ0v) is 10.3. The lowest BCUT2D eigenvalue weighted by Gasteiger charge is -2.30. The summed E-state index contributed by atoms with van der Waals surface area (Å²) >= 11 is 0. The average molecular weight is 237 g/mol. The molecule has 0 atom stereocenters. The van der Waals surface area contributed by atoms with Crippen molar-refractivity contribution in [1.82, 2.24) is 14.9 Å². The Morgan fingerprint density at radius 3 is 2.76 bits per heavy atom. The van der Waals surface area contributed by atoms with E-state index in [0.717, 1.165) is 25.9 Å². The molecule has 1 aliphatic heterocycles. The molecule has 0 aliphatic carbocycles. The smallest absolute Gasteiger partial charge is 0.203 e. The van der Waals surface area contributed by atoms with E-state index < -0.39 is 0 Å². The summed E-state index contributed by atoms with van der Waals surface area (Å²) < 4.78 is 5.22. The van der Waals surface area contributed by atoms with E-state index in [0.29, 0.717) is 23.4 Å². The Morgan fingerprint density at radius 1 is 1.41 bits per heavy atom. The van der Waals surface area contributed by atoms with Crippen molar-refractivity contribution in [3.8, 4) is 5.75 Å². The maximum atomic E-state index is 5.73. The average Bonchev–Trinajstić information content (AvgIpc) is 2.32. The highest BCUT2D eigenvalue weighted by Crippen LogP contribution is 2.28. The molecule has 6 nitrogen and oxygen atoms in total. The van der Waals surface area contributed by atoms with Gasteiger partial charge in [-0.3, -0.25) is 0 Å². The van der Waals surface area contributed by atoms with Crippen LogP contribution in [0, 0.1) is 0 Å². The number of likely N-dealkylation sites (tertiary alicyclic amines) is 1. The number of anilines is 2. The first-order valence-electron chi connectivity index (χ1n) is 5.80. The van der Waals surface area contributed by atoms with E-state index in [1.54, 1.807) is 7.11 Å². The molecular formula is C11H19N5O. The van der Waals surface area contributed by atoms with E-state index in [4.69, 9.17) is 10.5 Å². The third-order valence-electron chi connectivity index (χ3n) is 3.09. The minimum Gasteiger partial charge on any atom is -0.490 e. The van der Waals surface area contributed by atoms with Crippen LogP contribution in [0.15, 0.2) is 6.33 Å². The van der Waals surface area contributed by atoms with Crippen molar-refractivity contribution < 1.29 is 4.74 Å². The van der Waals surface area contributed by atoms with Crippen molar-refractivity contribution in [3.05, 3.63) is 6.33 Å². The minimum absolute atomic E-state index is 0.373. The molecule has 0 unspecified atom stereocenters. The molecule has 0 aromatic carbocycles. The molecule has 2 heterocycles. The molecule has 2 rings (SSSR count). The summed E-state index contributed by atoms with van der Waals surface area (Å²) in [7, 11) is 3.72. The second-order valence-corrected chi connectivity index (χ2v) is 4.36. The number of methoxy groups -OCH3 is 1. The zero-order valence-electron chi connectivity index (χ0n) is 10.3. The van der Waals surface area contributed by atoms with Gasteiger partial charge in [-0.2, -0.15) is 0 Å². The van der Waals surface area contributed by atoms with Gasteiger partial charge in [0, 0.05) is 6.04 Å². The third-order valence-corrected chi connectivity index (χ3v) is 3.09. The summed E-state index contributed by atoms with van der Waals surface area (Å²) in [4.78, 5) is 10.4. The summed E-state index contributed by atoms with van der Waals surface area (Å²) in [5.74, 6) is 1.60. The number of nitrogens with zero attached hydrogens (tertiary/aromatic N) is 3. The number of nitrogens with two attached hydrogens (primary N) is 1. The van der Waals surface area contributed by atoms with Gasteiger partial charge in [-0.25, -0.2) is 9.97 Å². The topological polar surface area (TPSA) is 76.3 Å². The van der Waals surface area contributed by atoms with Crippen molar-refractivity contribution in [3.63, 3.8) is 0 Å². The number of piperidine rings is 1. The molecule has 0 radical (unpaired) electrons. The maximum Gasteiger partial charge on any atom is 0.203 e. The van der Waals surface area contributed by atoms with Crippen molar-refractivity contribution >= 4 is 11.6 Å². The summed E-state index contributed by atoms with van der Waals surface area (Å²) in [6, 6.07) is 0.425. The van der Waals surface area contributed by atoms with E-state index in [1.165, 1.54) is 6.33 Å². The van der Waals surface area contributed by atoms with Crippen LogP contribution < -0.4 is 15.8 Å². The van der Waals surface area contributed by atoms with Gasteiger partial charge in [-0.05, 0) is 33.0 Å². The second kappa shape index (κ2) is 5.18. The van der Waals surface area contributed by atoms with Crippen LogP contribution in [0.2, 0.25) is 0 Å². The lowest BCUT2D eigenvalue weighted by molar-refractivity contribution is 0.263. The highest BCUT2D eigenvalue weighted by Gasteiger charge is 2.19. The SMILES string of the molecule is COc1c(N)ncnc1NC1CCN(C)CC1. The van der Waals surface area contributed by atoms with Gasteiger partial charge < -0.3 is 20.7 Å². The van der Waals surface area contributed by atoms with E-state index in [-0.39, 0.29) is 0 Å². The Bertz CT molecular complexity index is 376. The lowest BCUT2D eigenvalue weighted by Crippen LogP contribution is -2.37. The van der Waals surface area contributed by atoms with Gasteiger partial charge in [-0.15, -0.1) is 0 Å². The number of hydrogen-bond donors (Lipinski definition) is 2. The Balaban J connectivity index is 2.05. The number of ether oxygens (including phenoxy) is 1. The molecule has 0 spiro atoms. The van der Waals surface area contributed by atoms with Crippen LogP contribution in [0.4, 0.5) is 11.6 Å². The predicted molar refractivity (Wildman–Crippen MR) is 67.1 cm³/mol. The molecular weight excluding hydrogens is 218 g/mol. The van der Waals surface area contributed by atoms with Crippen LogP contribution >= 0.6 is 0 Å². The van der Waals surface area contributed by atoms with Crippen LogP contribution in [0.3, 0.4) is 0 Å². The van der Waals surface area contributed by atoms with Crippen molar-refractivity contribution in [1.29, 1.82) is 0 Å². The van der Waals surface area contributed by atoms with Crippen molar-refractivity contribution in [2.45, 2.75) is 18.9 Å². The lowest BCUT2D eigenvalue weighted by atomic mass is 10.1. The number of aromatic nitrogens is 2. The van der Waals surface area contributed by atoms with E-state index in [9.17, 15) is 0 Å². The fourth-order valence-corrected chi connectivity index (χ4v) is 2.04. The molecule has 1 fully saturated rings. The zero-order chi connectivity index (χ0) is 12.3. The molecule has 0 amide bonds. The summed E-state index contributed by atoms with van der Waals surface area (Å²) in [6.45, 7) is 2.20. The van der Waals surface area contributed by atoms with E-state index in [2.05, 4.69) is 27.2 Å². The minimum atomic E-state index is 0.373. The number of hydrogen-bond acceptors (Lipinski definition) is 6. The molecule has 0 saturated carbocycles. The van der Waals surface area contributed by atoms with Crippen molar-refractivity contribution in [2.24, 2.45) is 0 Å². The van der Waals surface area contributed by atoms with E-state index in [1.807, 2.05) is 0 Å². The monoisotopic (exact) mass is 237 g/mol. The maximum absolute atomic E-state index is 5.73. The van der Waals surface area contributed by atoms with Crippen LogP contribution in [-0.2, 0) is 0 Å². The van der Waals surface area contributed by atoms with Gasteiger partial charge in [-0.1, -0.05) is 0 Å². The highest BCUT2D eigenvalue weighted by atomic mass is 16.5. The predicted octanol–water partition coefficient (Wildman–Crippen LogP) is 0.574. The first kappa shape index (κ1) is 11.9. The molecule has 1 aromatic rings. The first-order valence-corrected chi connectivity index (χ1v) is 5.80. The van der Waals surface area contributed by atoms with Crippen LogP contribution in [0.25, 0.3) is 0 Å². The first-order chi connectivity index (χ1) is 8.20. The third kappa shape index (κ3) is 2.76. The van der Waals surface area contributed by atoms with Gasteiger partial charge in [0.2, 0.25) is 5.75 Å².